The Kier molecular flexibility index (Phi) is 2.86. The van der Waals surface area contributed by atoms with Gasteiger partial charge >= 0.3 is 0 Å². The van der Waals surface area contributed by atoms with Crippen molar-refractivity contribution in [3.8, 4) is 11.3 Å². The molecule has 0 aliphatic rings. The summed E-state index contributed by atoms with van der Waals surface area (Å²) in [6.07, 6.45) is 1.84. The van der Waals surface area contributed by atoms with Crippen molar-refractivity contribution in [1.82, 2.24) is 4.98 Å². The summed E-state index contributed by atoms with van der Waals surface area (Å²) in [6, 6.07) is 8.03. The Morgan fingerprint density at radius 3 is 2.62 bits per heavy atom. The van der Waals surface area contributed by atoms with Crippen LogP contribution < -0.4 is 0 Å². The molecule has 0 spiro atoms. The number of carbonyl (C=O) groups is 1. The minimum absolute atomic E-state index is 0.0531. The highest BCUT2D eigenvalue weighted by molar-refractivity contribution is 5.77. The van der Waals surface area contributed by atoms with E-state index in [-0.39, 0.29) is 12.2 Å². The van der Waals surface area contributed by atoms with Gasteiger partial charge in [0.1, 0.15) is 17.7 Å². The van der Waals surface area contributed by atoms with Gasteiger partial charge in [-0.15, -0.1) is 0 Å². The van der Waals surface area contributed by atoms with Gasteiger partial charge in [-0.1, -0.05) is 29.8 Å². The lowest BCUT2D eigenvalue weighted by Crippen LogP contribution is -1.95. The van der Waals surface area contributed by atoms with Crippen molar-refractivity contribution in [1.29, 1.82) is 0 Å². The summed E-state index contributed by atoms with van der Waals surface area (Å²) < 4.78 is 5.23. The highest BCUT2D eigenvalue weighted by Crippen LogP contribution is 2.19. The van der Waals surface area contributed by atoms with Gasteiger partial charge in [-0.05, 0) is 13.8 Å². The van der Waals surface area contributed by atoms with Gasteiger partial charge in [-0.3, -0.25) is 4.79 Å². The summed E-state index contributed by atoms with van der Waals surface area (Å²) in [5.74, 6) is 0.528. The van der Waals surface area contributed by atoms with E-state index in [0.717, 1.165) is 11.3 Å². The van der Waals surface area contributed by atoms with Crippen LogP contribution in [0.2, 0.25) is 0 Å². The second-order valence-corrected chi connectivity index (χ2v) is 3.87. The van der Waals surface area contributed by atoms with Crippen molar-refractivity contribution in [2.75, 3.05) is 0 Å². The normalized spacial score (nSPS) is 10.4. The minimum Gasteiger partial charge on any atom is -0.448 e. The van der Waals surface area contributed by atoms with Crippen LogP contribution in [0.15, 0.2) is 34.9 Å². The van der Waals surface area contributed by atoms with Gasteiger partial charge in [0.15, 0.2) is 0 Å². The van der Waals surface area contributed by atoms with E-state index < -0.39 is 0 Å². The average molecular weight is 215 g/mol. The first-order valence-corrected chi connectivity index (χ1v) is 5.16. The number of rotatable bonds is 3. The molecule has 1 heterocycles. The van der Waals surface area contributed by atoms with Crippen LogP contribution in [0.3, 0.4) is 0 Å². The number of hydrogen-bond donors (Lipinski definition) is 0. The van der Waals surface area contributed by atoms with Crippen LogP contribution in [-0.2, 0) is 11.2 Å². The third kappa shape index (κ3) is 2.37. The monoisotopic (exact) mass is 215 g/mol. The first-order valence-electron chi connectivity index (χ1n) is 5.16. The van der Waals surface area contributed by atoms with E-state index in [9.17, 15) is 4.79 Å². The van der Waals surface area contributed by atoms with Crippen LogP contribution in [0.4, 0.5) is 0 Å². The van der Waals surface area contributed by atoms with E-state index in [0.29, 0.717) is 5.89 Å². The molecule has 2 aromatic rings. The molecular formula is C13H13NO2. The summed E-state index contributed by atoms with van der Waals surface area (Å²) in [5.41, 5.74) is 2.98. The number of oxazole rings is 1. The number of carbonyl (C=O) groups excluding carboxylic acids is 1. The van der Waals surface area contributed by atoms with E-state index in [1.54, 1.807) is 6.26 Å². The molecule has 0 saturated heterocycles. The van der Waals surface area contributed by atoms with Crippen molar-refractivity contribution < 1.29 is 9.21 Å². The number of benzene rings is 1. The standard InChI is InChI=1S/C13H13NO2/c1-9-3-5-11(6-4-9)12-8-16-13(14-12)7-10(2)15/h3-6,8H,7H2,1-2H3. The first-order chi connectivity index (χ1) is 7.65. The predicted molar refractivity (Wildman–Crippen MR) is 61.1 cm³/mol. The van der Waals surface area contributed by atoms with Crippen LogP contribution in [0, 0.1) is 6.92 Å². The Hall–Kier alpha value is -1.90. The van der Waals surface area contributed by atoms with Gasteiger partial charge in [0.05, 0.1) is 6.42 Å². The van der Waals surface area contributed by atoms with Gasteiger partial charge in [0, 0.05) is 5.56 Å². The van der Waals surface area contributed by atoms with E-state index in [1.165, 1.54) is 12.5 Å². The highest BCUT2D eigenvalue weighted by atomic mass is 16.3. The van der Waals surface area contributed by atoms with Gasteiger partial charge in [0.25, 0.3) is 0 Å². The average Bonchev–Trinajstić information content (AvgIpc) is 2.66. The van der Waals surface area contributed by atoms with Gasteiger partial charge in [0.2, 0.25) is 5.89 Å². The summed E-state index contributed by atoms with van der Waals surface area (Å²) in [7, 11) is 0. The first kappa shape index (κ1) is 10.6. The fourth-order valence-corrected chi connectivity index (χ4v) is 1.46. The van der Waals surface area contributed by atoms with Crippen molar-refractivity contribution >= 4 is 5.78 Å². The van der Waals surface area contributed by atoms with Gasteiger partial charge in [-0.2, -0.15) is 0 Å². The quantitative estimate of drug-likeness (QED) is 0.790. The number of nitrogens with zero attached hydrogens (tertiary/aromatic N) is 1. The molecular weight excluding hydrogens is 202 g/mol. The molecule has 2 rings (SSSR count). The molecule has 16 heavy (non-hydrogen) atoms. The van der Waals surface area contributed by atoms with Crippen molar-refractivity contribution in [2.45, 2.75) is 20.3 Å². The molecule has 1 aromatic heterocycles. The van der Waals surface area contributed by atoms with Crippen LogP contribution in [0.1, 0.15) is 18.4 Å². The van der Waals surface area contributed by atoms with Gasteiger partial charge in [-0.25, -0.2) is 4.98 Å². The molecule has 0 atom stereocenters. The highest BCUT2D eigenvalue weighted by Gasteiger charge is 2.07. The maximum Gasteiger partial charge on any atom is 0.201 e. The third-order valence-corrected chi connectivity index (χ3v) is 2.30. The maximum absolute atomic E-state index is 10.9. The molecule has 3 heteroatoms. The Bertz CT molecular complexity index is 497. The molecule has 0 unspecified atom stereocenters. The van der Waals surface area contributed by atoms with Crippen molar-refractivity contribution in [2.24, 2.45) is 0 Å². The summed E-state index contributed by atoms with van der Waals surface area (Å²) in [5, 5.41) is 0. The zero-order valence-electron chi connectivity index (χ0n) is 9.36. The summed E-state index contributed by atoms with van der Waals surface area (Å²) in [6.45, 7) is 3.56. The Morgan fingerprint density at radius 2 is 2.00 bits per heavy atom. The fourth-order valence-electron chi connectivity index (χ4n) is 1.46. The Labute approximate surface area is 94.1 Å². The minimum atomic E-state index is 0.0531. The third-order valence-electron chi connectivity index (χ3n) is 2.30. The SMILES string of the molecule is CC(=O)Cc1nc(-c2ccc(C)cc2)co1. The van der Waals surface area contributed by atoms with E-state index in [2.05, 4.69) is 4.98 Å². The van der Waals surface area contributed by atoms with Crippen LogP contribution >= 0.6 is 0 Å². The lowest BCUT2D eigenvalue weighted by atomic mass is 10.1. The molecule has 0 fully saturated rings. The van der Waals surface area contributed by atoms with E-state index in [4.69, 9.17) is 4.42 Å². The van der Waals surface area contributed by atoms with Crippen LogP contribution in [-0.4, -0.2) is 10.8 Å². The van der Waals surface area contributed by atoms with Crippen LogP contribution in [0.5, 0.6) is 0 Å². The molecule has 0 saturated carbocycles. The van der Waals surface area contributed by atoms with Crippen molar-refractivity contribution in [3.05, 3.63) is 42.0 Å². The zero-order valence-corrected chi connectivity index (χ0v) is 9.36. The molecule has 0 N–H and O–H groups in total. The van der Waals surface area contributed by atoms with E-state index in [1.807, 2.05) is 31.2 Å². The smallest absolute Gasteiger partial charge is 0.201 e. The molecule has 0 amide bonds. The summed E-state index contributed by atoms with van der Waals surface area (Å²) in [4.78, 5) is 15.2. The number of aryl methyl sites for hydroxylation is 1. The fraction of sp³-hybridized carbons (Fsp3) is 0.231. The van der Waals surface area contributed by atoms with Crippen LogP contribution in [0.25, 0.3) is 11.3 Å². The molecule has 0 aliphatic carbocycles. The van der Waals surface area contributed by atoms with E-state index >= 15 is 0 Å². The Morgan fingerprint density at radius 1 is 1.31 bits per heavy atom. The number of ketones is 1. The molecule has 3 nitrogen and oxygen atoms in total. The predicted octanol–water partition coefficient (Wildman–Crippen LogP) is 2.78. The molecule has 1 aromatic carbocycles. The second-order valence-electron chi connectivity index (χ2n) is 3.87. The molecule has 82 valence electrons. The molecule has 0 radical (unpaired) electrons. The molecule has 0 aliphatic heterocycles. The van der Waals surface area contributed by atoms with Gasteiger partial charge < -0.3 is 4.42 Å². The topological polar surface area (TPSA) is 43.1 Å². The summed E-state index contributed by atoms with van der Waals surface area (Å²) >= 11 is 0. The molecule has 0 bridgehead atoms. The Balaban J connectivity index is 2.24. The zero-order chi connectivity index (χ0) is 11.5. The largest absolute Gasteiger partial charge is 0.448 e. The number of Topliss-reactive ketones (excluding diaryl/α,β-unsaturated/α-hetero) is 1. The number of aromatic nitrogens is 1. The van der Waals surface area contributed by atoms with Crippen molar-refractivity contribution in [3.63, 3.8) is 0 Å². The second kappa shape index (κ2) is 4.31. The maximum atomic E-state index is 10.9. The number of hydrogen-bond acceptors (Lipinski definition) is 3. The lowest BCUT2D eigenvalue weighted by Gasteiger charge is -1.95. The lowest BCUT2D eigenvalue weighted by molar-refractivity contribution is -0.116.